The van der Waals surface area contributed by atoms with Crippen LogP contribution >= 0.6 is 11.9 Å². The van der Waals surface area contributed by atoms with Gasteiger partial charge in [-0.25, -0.2) is 0 Å². The van der Waals surface area contributed by atoms with Gasteiger partial charge in [-0.1, -0.05) is 73.4 Å². The number of nitrogens with one attached hydrogen (secondary N) is 4. The molecule has 2 fully saturated rings. The number of likely N-dealkylation sites (tertiary alicyclic amines) is 1. The number of carbonyl (C=O) groups is 6. The predicted molar refractivity (Wildman–Crippen MR) is 286 cm³/mol. The van der Waals surface area contributed by atoms with Crippen molar-refractivity contribution >= 4 is 54.8 Å². The van der Waals surface area contributed by atoms with Crippen molar-refractivity contribution in [1.82, 2.24) is 30.1 Å². The van der Waals surface area contributed by atoms with Gasteiger partial charge in [0, 0.05) is 56.8 Å². The number of aldehydes is 1. The first-order valence-corrected chi connectivity index (χ1v) is 26.2. The second-order valence-corrected chi connectivity index (χ2v) is 20.1. The Balaban J connectivity index is 0. The van der Waals surface area contributed by atoms with Gasteiger partial charge in [-0.05, 0) is 140 Å². The van der Waals surface area contributed by atoms with Crippen molar-refractivity contribution in [3.05, 3.63) is 29.8 Å². The van der Waals surface area contributed by atoms with Gasteiger partial charge < -0.3 is 55.7 Å². The highest BCUT2D eigenvalue weighted by Gasteiger charge is 2.43. The van der Waals surface area contributed by atoms with Gasteiger partial charge in [0.25, 0.3) is 0 Å². The monoisotopic (exact) mass is 1010 g/mol. The zero-order valence-corrected chi connectivity index (χ0v) is 46.5. The zero-order chi connectivity index (χ0) is 53.8. The van der Waals surface area contributed by atoms with Gasteiger partial charge in [0.15, 0.2) is 0 Å². The van der Waals surface area contributed by atoms with E-state index in [9.17, 15) is 24.3 Å². The summed E-state index contributed by atoms with van der Waals surface area (Å²) < 4.78 is 15.4. The SMILES string of the molecule is C=O.CC(C)C(C(=O)NCC=O)N(C)C.CCC.CCC(C)C(C(CC(=O)N1CCCC1C(OC)C(C)C(Cc1ccc(NCCC(CCO)CNC)cc1)C(=O)NSC1CC1)OC)N(C)C.NC=O. The van der Waals surface area contributed by atoms with E-state index in [1.165, 1.54) is 6.42 Å². The van der Waals surface area contributed by atoms with E-state index in [0.717, 1.165) is 69.3 Å². The van der Waals surface area contributed by atoms with E-state index < -0.39 is 0 Å². The maximum Gasteiger partial charge on any atom is 0.237 e. The van der Waals surface area contributed by atoms with Crippen molar-refractivity contribution in [2.24, 2.45) is 35.3 Å². The first-order chi connectivity index (χ1) is 33.4. The van der Waals surface area contributed by atoms with E-state index in [2.05, 4.69) is 104 Å². The summed E-state index contributed by atoms with van der Waals surface area (Å²) in [7, 11) is 13.2. The van der Waals surface area contributed by atoms with E-state index in [-0.39, 0.29) is 85.4 Å². The van der Waals surface area contributed by atoms with Gasteiger partial charge in [0.2, 0.25) is 24.1 Å². The van der Waals surface area contributed by atoms with Crippen LogP contribution in [0.5, 0.6) is 0 Å². The molecule has 1 saturated heterocycles. The molecule has 18 heteroatoms. The number of benzene rings is 1. The molecule has 2 aliphatic rings. The molecule has 70 heavy (non-hydrogen) atoms. The van der Waals surface area contributed by atoms with Crippen LogP contribution in [0, 0.1) is 29.6 Å². The molecule has 4 amide bonds. The van der Waals surface area contributed by atoms with Crippen molar-refractivity contribution in [2.45, 2.75) is 148 Å². The second kappa shape index (κ2) is 40.9. The molecule has 1 aromatic carbocycles. The third kappa shape index (κ3) is 26.7. The molecule has 0 aromatic heterocycles. The van der Waals surface area contributed by atoms with Gasteiger partial charge in [-0.3, -0.25) is 28.8 Å². The number of amides is 4. The Morgan fingerprint density at radius 2 is 1.54 bits per heavy atom. The number of nitrogens with zero attached hydrogens (tertiary/aromatic N) is 3. The Kier molecular flexibility index (Phi) is 40.0. The van der Waals surface area contributed by atoms with E-state index in [4.69, 9.17) is 19.1 Å². The molecule has 406 valence electrons. The summed E-state index contributed by atoms with van der Waals surface area (Å²) in [5.74, 6) is 0.657. The molecule has 9 atom stereocenters. The molecule has 1 aliphatic heterocycles. The molecule has 1 aliphatic carbocycles. The molecule has 9 unspecified atom stereocenters. The Labute approximate surface area is 427 Å². The highest BCUT2D eigenvalue weighted by atomic mass is 32.2. The summed E-state index contributed by atoms with van der Waals surface area (Å²) in [6.45, 7) is 19.4. The molecular weight excluding hydrogens is 913 g/mol. The van der Waals surface area contributed by atoms with E-state index in [1.54, 1.807) is 26.2 Å². The number of likely N-dealkylation sites (N-methyl/N-ethyl adjacent to an activating group) is 2. The van der Waals surface area contributed by atoms with Crippen molar-refractivity contribution < 1.29 is 43.3 Å². The van der Waals surface area contributed by atoms with Crippen molar-refractivity contribution in [3.8, 4) is 0 Å². The quantitative estimate of drug-likeness (QED) is 0.0458. The minimum absolute atomic E-state index is 0.0332. The van der Waals surface area contributed by atoms with Crippen LogP contribution in [0.15, 0.2) is 24.3 Å². The molecule has 0 spiro atoms. The van der Waals surface area contributed by atoms with E-state index in [0.29, 0.717) is 42.8 Å². The number of aliphatic hydroxyl groups is 1. The van der Waals surface area contributed by atoms with Crippen molar-refractivity contribution in [3.63, 3.8) is 0 Å². The van der Waals surface area contributed by atoms with E-state index in [1.807, 2.05) is 51.6 Å². The number of methoxy groups -OCH3 is 2. The topological polar surface area (TPSA) is 225 Å². The Bertz CT molecular complexity index is 1510. The maximum atomic E-state index is 14.0. The standard InChI is InChI=1S/C38H67N5O5S.C9H18N2O2.C3H8.CH3NO.CH2O/c1-9-26(2)36(42(5)6)34(47-7)24-35(45)43-21-10-11-33(43)37(48-8)27(3)32(38(46)41-49-31-16-17-31)23-28-12-14-30(15-13-28)40-20-18-29(19-22-44)25-39-4;1-7(2)8(11(3)4)9(13)10-5-6-12;1-3-2;2-1-3;1-2/h12-15,26-27,29,31-34,36-37,39-40,44H,9-11,16-25H2,1-8H3,(H,41,46);6-8H,5H2,1-4H3,(H,10,13);3H2,1-2H3;1H,(H2,2,3);1H2. The van der Waals surface area contributed by atoms with Crippen LogP contribution < -0.4 is 26.4 Å². The van der Waals surface area contributed by atoms with E-state index >= 15 is 0 Å². The lowest BCUT2D eigenvalue weighted by atomic mass is 9.80. The summed E-state index contributed by atoms with van der Waals surface area (Å²) in [6, 6.07) is 8.27. The molecule has 0 radical (unpaired) electrons. The first-order valence-electron chi connectivity index (χ1n) is 25.3. The number of hydrogen-bond acceptors (Lipinski definition) is 14. The minimum atomic E-state index is -0.316. The van der Waals surface area contributed by atoms with Gasteiger partial charge in [0.05, 0.1) is 37.3 Å². The third-order valence-corrected chi connectivity index (χ3v) is 13.8. The summed E-state index contributed by atoms with van der Waals surface area (Å²) in [4.78, 5) is 71.9. The fourth-order valence-corrected chi connectivity index (χ4v) is 9.84. The van der Waals surface area contributed by atoms with Crippen LogP contribution in [0.25, 0.3) is 0 Å². The molecule has 7 N–H and O–H groups in total. The number of aliphatic hydroxyl groups excluding tert-OH is 1. The summed E-state index contributed by atoms with van der Waals surface area (Å²) >= 11 is 1.55. The van der Waals surface area contributed by atoms with Crippen LogP contribution in [-0.2, 0) is 44.7 Å². The van der Waals surface area contributed by atoms with Gasteiger partial charge >= 0.3 is 0 Å². The molecular formula is C52H98N8O9S. The van der Waals surface area contributed by atoms with Gasteiger partial charge in [-0.15, -0.1) is 0 Å². The summed E-state index contributed by atoms with van der Waals surface area (Å²) in [5.41, 5.74) is 6.31. The molecule has 1 heterocycles. The number of anilines is 1. The Morgan fingerprint density at radius 3 is 2.00 bits per heavy atom. The largest absolute Gasteiger partial charge is 0.396 e. The number of primary amides is 1. The maximum absolute atomic E-state index is 14.0. The highest BCUT2D eigenvalue weighted by molar-refractivity contribution is 7.98. The number of carbonyl (C=O) groups excluding carboxylic acids is 6. The van der Waals surface area contributed by atoms with Gasteiger partial charge in [0.1, 0.15) is 13.1 Å². The van der Waals surface area contributed by atoms with Crippen LogP contribution in [0.1, 0.15) is 112 Å². The number of rotatable bonds is 29. The lowest BCUT2D eigenvalue weighted by molar-refractivity contribution is -0.141. The zero-order valence-electron chi connectivity index (χ0n) is 45.7. The first kappa shape index (κ1) is 68.4. The normalized spacial score (nSPS) is 17.5. The fraction of sp³-hybridized carbons (Fsp3) is 0.769. The fourth-order valence-electron chi connectivity index (χ4n) is 9.03. The van der Waals surface area contributed by atoms with Crippen molar-refractivity contribution in [2.75, 3.05) is 87.6 Å². The minimum Gasteiger partial charge on any atom is -0.396 e. The number of nitrogens with two attached hydrogens (primary N) is 1. The number of hydrogen-bond donors (Lipinski definition) is 6. The molecule has 1 saturated carbocycles. The molecule has 0 bridgehead atoms. The van der Waals surface area contributed by atoms with Crippen LogP contribution in [0.2, 0.25) is 0 Å². The van der Waals surface area contributed by atoms with Crippen LogP contribution in [0.3, 0.4) is 0 Å². The Morgan fingerprint density at radius 1 is 0.943 bits per heavy atom. The average Bonchev–Trinajstić information content (AvgIpc) is 4.04. The summed E-state index contributed by atoms with van der Waals surface area (Å²) in [6.07, 6.45) is 9.45. The van der Waals surface area contributed by atoms with Gasteiger partial charge in [-0.2, -0.15) is 0 Å². The second-order valence-electron chi connectivity index (χ2n) is 19.0. The predicted octanol–water partition coefficient (Wildman–Crippen LogP) is 5.04. The number of ether oxygens (including phenoxy) is 2. The smallest absolute Gasteiger partial charge is 0.237 e. The third-order valence-electron chi connectivity index (χ3n) is 12.6. The Hall–Kier alpha value is -3.65. The van der Waals surface area contributed by atoms with Crippen molar-refractivity contribution in [1.29, 1.82) is 0 Å². The molecule has 17 nitrogen and oxygen atoms in total. The summed E-state index contributed by atoms with van der Waals surface area (Å²) in [5, 5.41) is 19.1. The lowest BCUT2D eigenvalue weighted by Crippen LogP contribution is -2.51. The van der Waals surface area contributed by atoms with Crippen LogP contribution in [0.4, 0.5) is 5.69 Å². The average molecular weight is 1010 g/mol. The van der Waals surface area contributed by atoms with Crippen LogP contribution in [-0.4, -0.2) is 175 Å². The highest BCUT2D eigenvalue weighted by Crippen LogP contribution is 2.35. The molecule has 3 rings (SSSR count). The molecule has 1 aromatic rings. The lowest BCUT2D eigenvalue weighted by Gasteiger charge is -2.39.